The van der Waals surface area contributed by atoms with Crippen molar-refractivity contribution in [3.63, 3.8) is 0 Å². The van der Waals surface area contributed by atoms with Gasteiger partial charge in [0.2, 0.25) is 0 Å². The Kier molecular flexibility index (Phi) is 8.62. The van der Waals surface area contributed by atoms with Crippen LogP contribution in [0.15, 0.2) is 48.5 Å². The lowest BCUT2D eigenvalue weighted by molar-refractivity contribution is -0.118. The standard InChI is InChI=1S/C22H28N2O2.ClH/c1-17-11-13-20(14-12-17)24-22(25)16-26-21-10-6-5-7-18(21)15-23-19-8-3-2-4-9-19;/h5-7,10-14,19,23H,2-4,8-9,15-16H2,1H3,(H,24,25);1H. The van der Waals surface area contributed by atoms with Gasteiger partial charge in [0, 0.05) is 23.8 Å². The van der Waals surface area contributed by atoms with Gasteiger partial charge in [0.15, 0.2) is 6.61 Å². The van der Waals surface area contributed by atoms with Crippen molar-refractivity contribution in [3.8, 4) is 5.75 Å². The van der Waals surface area contributed by atoms with Crippen molar-refractivity contribution < 1.29 is 9.53 Å². The summed E-state index contributed by atoms with van der Waals surface area (Å²) < 4.78 is 5.78. The highest BCUT2D eigenvalue weighted by Gasteiger charge is 2.14. The van der Waals surface area contributed by atoms with E-state index in [2.05, 4.69) is 16.7 Å². The summed E-state index contributed by atoms with van der Waals surface area (Å²) in [5.74, 6) is 0.624. The molecule has 0 atom stereocenters. The zero-order chi connectivity index (χ0) is 18.2. The molecule has 1 saturated carbocycles. The number of para-hydroxylation sites is 1. The molecule has 1 amide bonds. The van der Waals surface area contributed by atoms with Crippen molar-refractivity contribution in [2.75, 3.05) is 11.9 Å². The van der Waals surface area contributed by atoms with E-state index in [9.17, 15) is 4.79 Å². The second kappa shape index (κ2) is 11.0. The van der Waals surface area contributed by atoms with Gasteiger partial charge in [0.1, 0.15) is 5.75 Å². The normalized spacial score (nSPS) is 14.3. The van der Waals surface area contributed by atoms with Crippen LogP contribution in [0.5, 0.6) is 5.75 Å². The van der Waals surface area contributed by atoms with Crippen LogP contribution >= 0.6 is 12.4 Å². The number of benzene rings is 2. The summed E-state index contributed by atoms with van der Waals surface area (Å²) in [4.78, 5) is 12.1. The molecule has 0 aromatic heterocycles. The van der Waals surface area contributed by atoms with Crippen molar-refractivity contribution >= 4 is 24.0 Å². The zero-order valence-electron chi connectivity index (χ0n) is 15.9. The molecule has 0 aliphatic heterocycles. The smallest absolute Gasteiger partial charge is 0.262 e. The molecular formula is C22H29ClN2O2. The minimum Gasteiger partial charge on any atom is -0.483 e. The minimum absolute atomic E-state index is 0. The highest BCUT2D eigenvalue weighted by Crippen LogP contribution is 2.21. The van der Waals surface area contributed by atoms with Gasteiger partial charge in [0.25, 0.3) is 5.91 Å². The molecule has 3 rings (SSSR count). The van der Waals surface area contributed by atoms with Gasteiger partial charge < -0.3 is 15.4 Å². The number of amides is 1. The number of hydrogen-bond donors (Lipinski definition) is 2. The molecule has 1 aliphatic carbocycles. The molecule has 0 spiro atoms. The van der Waals surface area contributed by atoms with Gasteiger partial charge in [-0.05, 0) is 38.0 Å². The van der Waals surface area contributed by atoms with Crippen LogP contribution in [0.3, 0.4) is 0 Å². The van der Waals surface area contributed by atoms with E-state index < -0.39 is 0 Å². The predicted octanol–water partition coefficient (Wildman–Crippen LogP) is 4.86. The Morgan fingerprint density at radius 3 is 2.48 bits per heavy atom. The second-order valence-electron chi connectivity index (χ2n) is 7.03. The number of hydrogen-bond acceptors (Lipinski definition) is 3. The summed E-state index contributed by atoms with van der Waals surface area (Å²) in [5, 5.41) is 6.49. The maximum atomic E-state index is 12.1. The van der Waals surface area contributed by atoms with Crippen LogP contribution in [0.2, 0.25) is 0 Å². The summed E-state index contributed by atoms with van der Waals surface area (Å²) in [6.45, 7) is 2.81. The van der Waals surface area contributed by atoms with E-state index in [1.807, 2.05) is 49.4 Å². The number of anilines is 1. The molecule has 146 valence electrons. The summed E-state index contributed by atoms with van der Waals surface area (Å²) in [6, 6.07) is 16.3. The Balaban J connectivity index is 0.00000261. The van der Waals surface area contributed by atoms with Gasteiger partial charge in [-0.15, -0.1) is 12.4 Å². The molecule has 0 unspecified atom stereocenters. The number of rotatable bonds is 7. The lowest BCUT2D eigenvalue weighted by Crippen LogP contribution is -2.30. The van der Waals surface area contributed by atoms with Crippen molar-refractivity contribution in [3.05, 3.63) is 59.7 Å². The minimum atomic E-state index is -0.149. The fourth-order valence-electron chi connectivity index (χ4n) is 3.33. The maximum Gasteiger partial charge on any atom is 0.262 e. The molecule has 2 aromatic carbocycles. The van der Waals surface area contributed by atoms with Crippen LogP contribution < -0.4 is 15.4 Å². The average molecular weight is 389 g/mol. The van der Waals surface area contributed by atoms with Gasteiger partial charge in [-0.25, -0.2) is 0 Å². The van der Waals surface area contributed by atoms with Crippen LogP contribution in [0.25, 0.3) is 0 Å². The monoisotopic (exact) mass is 388 g/mol. The Hall–Kier alpha value is -2.04. The van der Waals surface area contributed by atoms with E-state index in [0.717, 1.165) is 23.5 Å². The maximum absolute atomic E-state index is 12.1. The molecule has 2 N–H and O–H groups in total. The van der Waals surface area contributed by atoms with E-state index in [1.54, 1.807) is 0 Å². The first-order chi connectivity index (χ1) is 12.7. The number of carbonyl (C=O) groups excluding carboxylic acids is 1. The number of nitrogens with one attached hydrogen (secondary N) is 2. The Bertz CT molecular complexity index is 713. The van der Waals surface area contributed by atoms with Crippen LogP contribution in [0, 0.1) is 6.92 Å². The van der Waals surface area contributed by atoms with Crippen LogP contribution in [-0.2, 0) is 11.3 Å². The lowest BCUT2D eigenvalue weighted by atomic mass is 9.95. The Labute approximate surface area is 168 Å². The SMILES string of the molecule is Cc1ccc(NC(=O)COc2ccccc2CNC2CCCCC2)cc1.Cl. The van der Waals surface area contributed by atoms with E-state index in [1.165, 1.54) is 37.7 Å². The zero-order valence-corrected chi connectivity index (χ0v) is 16.7. The summed E-state index contributed by atoms with van der Waals surface area (Å²) in [5.41, 5.74) is 3.05. The third-order valence-corrected chi connectivity index (χ3v) is 4.85. The fraction of sp³-hybridized carbons (Fsp3) is 0.409. The van der Waals surface area contributed by atoms with E-state index in [0.29, 0.717) is 6.04 Å². The number of ether oxygens (including phenoxy) is 1. The van der Waals surface area contributed by atoms with Gasteiger partial charge in [-0.1, -0.05) is 55.2 Å². The summed E-state index contributed by atoms with van der Waals surface area (Å²) in [6.07, 6.45) is 6.49. The first-order valence-electron chi connectivity index (χ1n) is 9.51. The van der Waals surface area contributed by atoms with E-state index >= 15 is 0 Å². The molecule has 0 bridgehead atoms. The first-order valence-corrected chi connectivity index (χ1v) is 9.51. The predicted molar refractivity (Wildman–Crippen MR) is 113 cm³/mol. The van der Waals surface area contributed by atoms with Crippen molar-refractivity contribution in [1.29, 1.82) is 0 Å². The van der Waals surface area contributed by atoms with Gasteiger partial charge in [-0.2, -0.15) is 0 Å². The first kappa shape index (κ1) is 21.3. The molecule has 1 fully saturated rings. The number of aryl methyl sites for hydroxylation is 1. The molecule has 5 heteroatoms. The van der Waals surface area contributed by atoms with Gasteiger partial charge in [0.05, 0.1) is 0 Å². The van der Waals surface area contributed by atoms with Crippen LogP contribution in [0.1, 0.15) is 43.2 Å². The molecule has 0 radical (unpaired) electrons. The largest absolute Gasteiger partial charge is 0.483 e. The van der Waals surface area contributed by atoms with Crippen LogP contribution in [-0.4, -0.2) is 18.6 Å². The molecule has 27 heavy (non-hydrogen) atoms. The van der Waals surface area contributed by atoms with E-state index in [4.69, 9.17) is 4.74 Å². The molecule has 0 heterocycles. The number of halogens is 1. The van der Waals surface area contributed by atoms with Gasteiger partial charge >= 0.3 is 0 Å². The summed E-state index contributed by atoms with van der Waals surface area (Å²) in [7, 11) is 0. The highest BCUT2D eigenvalue weighted by molar-refractivity contribution is 5.91. The molecule has 4 nitrogen and oxygen atoms in total. The number of carbonyl (C=O) groups is 1. The molecule has 0 saturated heterocycles. The topological polar surface area (TPSA) is 50.4 Å². The van der Waals surface area contributed by atoms with Crippen molar-refractivity contribution in [2.24, 2.45) is 0 Å². The third kappa shape index (κ3) is 6.89. The van der Waals surface area contributed by atoms with E-state index in [-0.39, 0.29) is 24.9 Å². The Morgan fingerprint density at radius 2 is 1.74 bits per heavy atom. The molecular weight excluding hydrogens is 360 g/mol. The molecule has 1 aliphatic rings. The van der Waals surface area contributed by atoms with Gasteiger partial charge in [-0.3, -0.25) is 4.79 Å². The quantitative estimate of drug-likeness (QED) is 0.712. The fourth-order valence-corrected chi connectivity index (χ4v) is 3.33. The molecule has 2 aromatic rings. The Morgan fingerprint density at radius 1 is 1.04 bits per heavy atom. The summed E-state index contributed by atoms with van der Waals surface area (Å²) >= 11 is 0. The van der Waals surface area contributed by atoms with Crippen molar-refractivity contribution in [1.82, 2.24) is 5.32 Å². The third-order valence-electron chi connectivity index (χ3n) is 4.85. The second-order valence-corrected chi connectivity index (χ2v) is 7.03. The average Bonchev–Trinajstić information content (AvgIpc) is 2.68. The lowest BCUT2D eigenvalue weighted by Gasteiger charge is -2.23. The van der Waals surface area contributed by atoms with Crippen LogP contribution in [0.4, 0.5) is 5.69 Å². The van der Waals surface area contributed by atoms with Crippen molar-refractivity contribution in [2.45, 2.75) is 51.6 Å². The highest BCUT2D eigenvalue weighted by atomic mass is 35.5.